The largest absolute Gasteiger partial charge is 0.465 e. The van der Waals surface area contributed by atoms with Gasteiger partial charge in [0.2, 0.25) is 0 Å². The first-order valence-corrected chi connectivity index (χ1v) is 14.0. The average Bonchev–Trinajstić information content (AvgIpc) is 3.34. The van der Waals surface area contributed by atoms with Crippen molar-refractivity contribution in [3.63, 3.8) is 0 Å². The number of carboxylic acid groups (broad SMARTS) is 1. The molecule has 13 heteroatoms. The van der Waals surface area contributed by atoms with Gasteiger partial charge in [0.05, 0.1) is 29.5 Å². The molecule has 0 unspecified atom stereocenters. The van der Waals surface area contributed by atoms with E-state index in [1.807, 2.05) is 6.07 Å². The molecular formula is C28H23F2IN6O4. The van der Waals surface area contributed by atoms with E-state index in [0.717, 1.165) is 20.4 Å². The Hall–Kier alpha value is -4.14. The number of carbonyl (C=O) groups is 1. The smallest absolute Gasteiger partial charge is 0.407 e. The van der Waals surface area contributed by atoms with Crippen LogP contribution in [0.3, 0.4) is 0 Å². The molecule has 1 N–H and O–H groups in total. The zero-order valence-electron chi connectivity index (χ0n) is 21.5. The molecule has 0 atom stereocenters. The lowest BCUT2D eigenvalue weighted by molar-refractivity contribution is 0.0984. The van der Waals surface area contributed by atoms with Crippen molar-refractivity contribution in [1.29, 1.82) is 0 Å². The van der Waals surface area contributed by atoms with Crippen molar-refractivity contribution in [2.75, 3.05) is 0 Å². The van der Waals surface area contributed by atoms with Crippen LogP contribution in [0.2, 0.25) is 0 Å². The van der Waals surface area contributed by atoms with Crippen LogP contribution in [-0.2, 0) is 6.54 Å². The normalized spacial score (nSPS) is 17.2. The molecule has 0 saturated heterocycles. The fourth-order valence-corrected chi connectivity index (χ4v) is 6.13. The highest BCUT2D eigenvalue weighted by atomic mass is 127. The number of amides is 1. The fraction of sp³-hybridized carbons (Fsp3) is 0.250. The van der Waals surface area contributed by atoms with Crippen LogP contribution >= 0.6 is 22.6 Å². The Balaban J connectivity index is 1.31. The maximum Gasteiger partial charge on any atom is 0.407 e. The summed E-state index contributed by atoms with van der Waals surface area (Å²) in [5.41, 5.74) is 0.325. The summed E-state index contributed by atoms with van der Waals surface area (Å²) in [5.74, 6) is -1.12. The van der Waals surface area contributed by atoms with Crippen LogP contribution in [0, 0.1) is 15.2 Å². The second kappa shape index (κ2) is 10.7. The van der Waals surface area contributed by atoms with Gasteiger partial charge < -0.3 is 9.51 Å². The van der Waals surface area contributed by atoms with Gasteiger partial charge in [-0.1, -0.05) is 6.07 Å². The van der Waals surface area contributed by atoms with Gasteiger partial charge in [0.15, 0.2) is 5.65 Å². The SMILES string of the molecule is O=C(O)N(Cc1cn2cc(F)ccc2n1)C1CCC(n2c(=O)c3cc(F)cnc3n(-c3cccc(I)c3)c2=O)CC1. The number of fused-ring (bicyclic) bond motifs is 2. The quantitative estimate of drug-likeness (QED) is 0.270. The zero-order chi connectivity index (χ0) is 28.8. The lowest BCUT2D eigenvalue weighted by atomic mass is 9.90. The molecule has 0 spiro atoms. The first-order chi connectivity index (χ1) is 19.7. The van der Waals surface area contributed by atoms with Crippen LogP contribution in [0.5, 0.6) is 0 Å². The topological polar surface area (TPSA) is 115 Å². The van der Waals surface area contributed by atoms with Crippen molar-refractivity contribution in [2.45, 2.75) is 44.3 Å². The van der Waals surface area contributed by atoms with Crippen molar-refractivity contribution in [3.8, 4) is 5.69 Å². The lowest BCUT2D eigenvalue weighted by Crippen LogP contribution is -2.46. The first kappa shape index (κ1) is 27.1. The van der Waals surface area contributed by atoms with Gasteiger partial charge in [0.1, 0.15) is 17.3 Å². The summed E-state index contributed by atoms with van der Waals surface area (Å²) in [6, 6.07) is 10.1. The fourth-order valence-electron chi connectivity index (χ4n) is 5.60. The van der Waals surface area contributed by atoms with E-state index in [2.05, 4.69) is 32.6 Å². The third-order valence-corrected chi connectivity index (χ3v) is 8.14. The second-order valence-electron chi connectivity index (χ2n) is 10.0. The molecular weight excluding hydrogens is 649 g/mol. The van der Waals surface area contributed by atoms with Crippen LogP contribution in [0.4, 0.5) is 13.6 Å². The number of nitrogens with zero attached hydrogens (tertiary/aromatic N) is 6. The van der Waals surface area contributed by atoms with Gasteiger partial charge in [-0.3, -0.25) is 14.3 Å². The van der Waals surface area contributed by atoms with E-state index < -0.39 is 35.0 Å². The van der Waals surface area contributed by atoms with E-state index in [-0.39, 0.29) is 23.6 Å². The number of rotatable bonds is 5. The molecule has 4 aromatic heterocycles. The average molecular weight is 672 g/mol. The third-order valence-electron chi connectivity index (χ3n) is 7.47. The van der Waals surface area contributed by atoms with Gasteiger partial charge in [0.25, 0.3) is 5.56 Å². The Labute approximate surface area is 244 Å². The molecule has 0 radical (unpaired) electrons. The van der Waals surface area contributed by atoms with Gasteiger partial charge in [0, 0.05) is 28.0 Å². The molecule has 4 heterocycles. The molecule has 10 nitrogen and oxygen atoms in total. The number of hydrogen-bond acceptors (Lipinski definition) is 5. The molecule has 0 bridgehead atoms. The molecule has 1 fully saturated rings. The van der Waals surface area contributed by atoms with Gasteiger partial charge in [-0.05, 0) is 84.7 Å². The maximum atomic E-state index is 14.2. The third kappa shape index (κ3) is 5.09. The number of pyridine rings is 2. The molecule has 1 aliphatic carbocycles. The van der Waals surface area contributed by atoms with Crippen molar-refractivity contribution in [2.24, 2.45) is 0 Å². The van der Waals surface area contributed by atoms with Crippen molar-refractivity contribution >= 4 is 45.4 Å². The summed E-state index contributed by atoms with van der Waals surface area (Å²) in [5, 5.41) is 9.97. The van der Waals surface area contributed by atoms with Crippen molar-refractivity contribution in [1.82, 2.24) is 28.4 Å². The minimum Gasteiger partial charge on any atom is -0.465 e. The van der Waals surface area contributed by atoms with Crippen LogP contribution < -0.4 is 11.2 Å². The molecule has 1 aliphatic rings. The summed E-state index contributed by atoms with van der Waals surface area (Å²) >= 11 is 2.12. The van der Waals surface area contributed by atoms with Gasteiger partial charge in [-0.2, -0.15) is 0 Å². The highest BCUT2D eigenvalue weighted by Gasteiger charge is 2.32. The van der Waals surface area contributed by atoms with E-state index in [4.69, 9.17) is 0 Å². The second-order valence-corrected chi connectivity index (χ2v) is 11.3. The van der Waals surface area contributed by atoms with Gasteiger partial charge >= 0.3 is 11.8 Å². The summed E-state index contributed by atoms with van der Waals surface area (Å²) in [4.78, 5) is 49.3. The van der Waals surface area contributed by atoms with E-state index in [1.165, 1.54) is 32.2 Å². The van der Waals surface area contributed by atoms with E-state index in [1.54, 1.807) is 24.4 Å². The summed E-state index contributed by atoms with van der Waals surface area (Å²) in [7, 11) is 0. The summed E-state index contributed by atoms with van der Waals surface area (Å²) < 4.78 is 32.6. The highest BCUT2D eigenvalue weighted by Crippen LogP contribution is 2.31. The number of hydrogen-bond donors (Lipinski definition) is 1. The predicted molar refractivity (Wildman–Crippen MR) is 154 cm³/mol. The number of halogens is 3. The molecule has 1 amide bonds. The standard InChI is InChI=1S/C28H23F2IN6O4/c29-16-4-9-24-33-19(14-34(24)13-16)15-35(28(40)41)20-5-7-21(8-6-20)37-26(38)23-10-17(30)12-32-25(23)36(27(37)39)22-3-1-2-18(31)11-22/h1-4,9-14,20-21H,5-8,15H2,(H,40,41). The highest BCUT2D eigenvalue weighted by molar-refractivity contribution is 14.1. The Morgan fingerprint density at radius 2 is 1.83 bits per heavy atom. The molecule has 1 saturated carbocycles. The van der Waals surface area contributed by atoms with Crippen LogP contribution in [-0.4, -0.2) is 45.6 Å². The van der Waals surface area contributed by atoms with Crippen LogP contribution in [0.25, 0.3) is 22.4 Å². The molecule has 41 heavy (non-hydrogen) atoms. The first-order valence-electron chi connectivity index (χ1n) is 12.9. The van der Waals surface area contributed by atoms with E-state index in [9.17, 15) is 28.3 Å². The molecule has 210 valence electrons. The molecule has 6 rings (SSSR count). The number of aromatic nitrogens is 5. The van der Waals surface area contributed by atoms with E-state index in [0.29, 0.717) is 42.7 Å². The Kier molecular flexibility index (Phi) is 7.05. The zero-order valence-corrected chi connectivity index (χ0v) is 23.6. The minimum atomic E-state index is -1.12. The van der Waals surface area contributed by atoms with Crippen LogP contribution in [0.15, 0.2) is 70.6 Å². The Bertz CT molecular complexity index is 1930. The molecule has 0 aliphatic heterocycles. The van der Waals surface area contributed by atoms with E-state index >= 15 is 0 Å². The number of imidazole rings is 1. The molecule has 1 aromatic carbocycles. The number of benzene rings is 1. The van der Waals surface area contributed by atoms with Crippen molar-refractivity contribution < 1.29 is 18.7 Å². The van der Waals surface area contributed by atoms with Crippen LogP contribution in [0.1, 0.15) is 37.4 Å². The summed E-state index contributed by atoms with van der Waals surface area (Å²) in [6.07, 6.45) is 4.23. The van der Waals surface area contributed by atoms with Crippen molar-refractivity contribution in [3.05, 3.63) is 103 Å². The Morgan fingerprint density at radius 3 is 2.56 bits per heavy atom. The lowest BCUT2D eigenvalue weighted by Gasteiger charge is -2.35. The maximum absolute atomic E-state index is 14.2. The van der Waals surface area contributed by atoms with Gasteiger partial charge in [-0.15, -0.1) is 0 Å². The monoisotopic (exact) mass is 672 g/mol. The predicted octanol–water partition coefficient (Wildman–Crippen LogP) is 4.74. The molecule has 5 aromatic rings. The summed E-state index contributed by atoms with van der Waals surface area (Å²) in [6.45, 7) is 0.00822. The van der Waals surface area contributed by atoms with Gasteiger partial charge in [-0.25, -0.2) is 32.9 Å². The minimum absolute atomic E-state index is 0.00822. The Morgan fingerprint density at radius 1 is 1.05 bits per heavy atom.